The standard InChI is InChI=1S/C16H21N3O3/c1-11(2)19(7-8-20)16(21)18-14-10-13(5-4-12(14)3)15-17-6-9-22-15/h4-6,9-11,20H,7-8H2,1-3H3,(H,18,21). The maximum absolute atomic E-state index is 12.4. The van der Waals surface area contributed by atoms with Gasteiger partial charge in [0.25, 0.3) is 0 Å². The highest BCUT2D eigenvalue weighted by Crippen LogP contribution is 2.24. The molecule has 0 fully saturated rings. The van der Waals surface area contributed by atoms with Crippen molar-refractivity contribution in [3.63, 3.8) is 0 Å². The van der Waals surface area contributed by atoms with Gasteiger partial charge in [-0.05, 0) is 38.5 Å². The summed E-state index contributed by atoms with van der Waals surface area (Å²) in [6, 6.07) is 5.39. The van der Waals surface area contributed by atoms with Crippen molar-refractivity contribution in [3.05, 3.63) is 36.2 Å². The monoisotopic (exact) mass is 303 g/mol. The highest BCUT2D eigenvalue weighted by atomic mass is 16.3. The molecular formula is C16H21N3O3. The highest BCUT2D eigenvalue weighted by Gasteiger charge is 2.17. The van der Waals surface area contributed by atoms with Crippen LogP contribution in [0.5, 0.6) is 0 Å². The van der Waals surface area contributed by atoms with Crippen molar-refractivity contribution in [1.82, 2.24) is 9.88 Å². The van der Waals surface area contributed by atoms with E-state index in [4.69, 9.17) is 9.52 Å². The molecule has 0 bridgehead atoms. The van der Waals surface area contributed by atoms with Crippen LogP contribution < -0.4 is 5.32 Å². The van der Waals surface area contributed by atoms with Gasteiger partial charge in [-0.3, -0.25) is 0 Å². The number of carbonyl (C=O) groups is 1. The van der Waals surface area contributed by atoms with Gasteiger partial charge in [-0.25, -0.2) is 9.78 Å². The normalized spacial score (nSPS) is 10.8. The molecule has 0 aliphatic rings. The van der Waals surface area contributed by atoms with Crippen LogP contribution >= 0.6 is 0 Å². The van der Waals surface area contributed by atoms with Gasteiger partial charge in [0.15, 0.2) is 0 Å². The lowest BCUT2D eigenvalue weighted by molar-refractivity contribution is 0.172. The van der Waals surface area contributed by atoms with E-state index in [1.54, 1.807) is 11.1 Å². The van der Waals surface area contributed by atoms with E-state index in [-0.39, 0.29) is 18.7 Å². The summed E-state index contributed by atoms with van der Waals surface area (Å²) in [5, 5.41) is 12.0. The van der Waals surface area contributed by atoms with Crippen LogP contribution in [0.3, 0.4) is 0 Å². The molecule has 22 heavy (non-hydrogen) atoms. The number of nitrogens with zero attached hydrogens (tertiary/aromatic N) is 2. The molecule has 2 aromatic rings. The Hall–Kier alpha value is -2.34. The fraction of sp³-hybridized carbons (Fsp3) is 0.375. The number of rotatable bonds is 5. The van der Waals surface area contributed by atoms with Crippen LogP contribution in [0, 0.1) is 6.92 Å². The number of aromatic nitrogens is 1. The molecule has 2 rings (SSSR count). The van der Waals surface area contributed by atoms with E-state index in [1.807, 2.05) is 39.0 Å². The van der Waals surface area contributed by atoms with Crippen molar-refractivity contribution in [1.29, 1.82) is 0 Å². The van der Waals surface area contributed by atoms with Crippen molar-refractivity contribution in [3.8, 4) is 11.5 Å². The van der Waals surface area contributed by atoms with Crippen molar-refractivity contribution in [2.24, 2.45) is 0 Å². The zero-order valence-corrected chi connectivity index (χ0v) is 13.0. The molecule has 0 saturated carbocycles. The van der Waals surface area contributed by atoms with E-state index in [2.05, 4.69) is 10.3 Å². The Bertz CT molecular complexity index is 624. The first-order valence-corrected chi connectivity index (χ1v) is 7.22. The average molecular weight is 303 g/mol. The maximum Gasteiger partial charge on any atom is 0.322 e. The average Bonchev–Trinajstić information content (AvgIpc) is 3.00. The first kappa shape index (κ1) is 16.0. The summed E-state index contributed by atoms with van der Waals surface area (Å²) in [5.41, 5.74) is 2.44. The Balaban J connectivity index is 2.21. The number of amides is 2. The number of urea groups is 1. The van der Waals surface area contributed by atoms with E-state index in [1.165, 1.54) is 6.26 Å². The summed E-state index contributed by atoms with van der Waals surface area (Å²) in [6.45, 7) is 5.96. The molecule has 0 saturated heterocycles. The van der Waals surface area contributed by atoms with E-state index in [0.717, 1.165) is 11.1 Å². The van der Waals surface area contributed by atoms with Gasteiger partial charge in [-0.1, -0.05) is 6.07 Å². The third-order valence-corrected chi connectivity index (χ3v) is 3.38. The molecule has 6 nitrogen and oxygen atoms in total. The van der Waals surface area contributed by atoms with Crippen LogP contribution in [0.2, 0.25) is 0 Å². The number of benzene rings is 1. The summed E-state index contributed by atoms with van der Waals surface area (Å²) < 4.78 is 5.28. The van der Waals surface area contributed by atoms with Gasteiger partial charge in [-0.2, -0.15) is 0 Å². The smallest absolute Gasteiger partial charge is 0.322 e. The van der Waals surface area contributed by atoms with Gasteiger partial charge < -0.3 is 19.7 Å². The summed E-state index contributed by atoms with van der Waals surface area (Å²) in [6.07, 6.45) is 3.09. The van der Waals surface area contributed by atoms with E-state index in [9.17, 15) is 4.79 Å². The molecule has 118 valence electrons. The Labute approximate surface area is 129 Å². The molecule has 0 aliphatic carbocycles. The van der Waals surface area contributed by atoms with Crippen molar-refractivity contribution in [2.75, 3.05) is 18.5 Å². The molecule has 0 aliphatic heterocycles. The number of aliphatic hydroxyl groups is 1. The topological polar surface area (TPSA) is 78.6 Å². The zero-order valence-electron chi connectivity index (χ0n) is 13.0. The number of anilines is 1. The van der Waals surface area contributed by atoms with Crippen molar-refractivity contribution >= 4 is 11.7 Å². The minimum Gasteiger partial charge on any atom is -0.445 e. The van der Waals surface area contributed by atoms with Crippen molar-refractivity contribution < 1.29 is 14.3 Å². The number of carbonyl (C=O) groups excluding carboxylic acids is 1. The number of nitrogens with one attached hydrogen (secondary N) is 1. The summed E-state index contributed by atoms with van der Waals surface area (Å²) in [7, 11) is 0. The van der Waals surface area contributed by atoms with Crippen LogP contribution in [0.25, 0.3) is 11.5 Å². The second-order valence-corrected chi connectivity index (χ2v) is 5.31. The molecule has 6 heteroatoms. The molecule has 2 N–H and O–H groups in total. The SMILES string of the molecule is Cc1ccc(-c2ncco2)cc1NC(=O)N(CCO)C(C)C. The van der Waals surface area contributed by atoms with E-state index in [0.29, 0.717) is 18.1 Å². The van der Waals surface area contributed by atoms with Gasteiger partial charge in [-0.15, -0.1) is 0 Å². The molecule has 1 heterocycles. The number of hydrogen-bond donors (Lipinski definition) is 2. The van der Waals surface area contributed by atoms with E-state index >= 15 is 0 Å². The predicted molar refractivity (Wildman–Crippen MR) is 84.6 cm³/mol. The lowest BCUT2D eigenvalue weighted by Gasteiger charge is -2.26. The Morgan fingerprint density at radius 2 is 2.23 bits per heavy atom. The molecule has 1 aromatic heterocycles. The third-order valence-electron chi connectivity index (χ3n) is 3.38. The minimum atomic E-state index is -0.239. The number of oxazole rings is 1. The Kier molecular flexibility index (Phi) is 5.16. The molecule has 0 unspecified atom stereocenters. The minimum absolute atomic E-state index is 0.00220. The largest absolute Gasteiger partial charge is 0.445 e. The number of hydrogen-bond acceptors (Lipinski definition) is 4. The molecule has 0 atom stereocenters. The second kappa shape index (κ2) is 7.09. The second-order valence-electron chi connectivity index (χ2n) is 5.31. The quantitative estimate of drug-likeness (QED) is 0.890. The van der Waals surface area contributed by atoms with Crippen molar-refractivity contribution in [2.45, 2.75) is 26.8 Å². The predicted octanol–water partition coefficient (Wildman–Crippen LogP) is 2.88. The van der Waals surface area contributed by atoms with Gasteiger partial charge in [0.1, 0.15) is 6.26 Å². The van der Waals surface area contributed by atoms with Gasteiger partial charge in [0, 0.05) is 23.8 Å². The van der Waals surface area contributed by atoms with Gasteiger partial charge >= 0.3 is 6.03 Å². The van der Waals surface area contributed by atoms with Crippen LogP contribution in [-0.4, -0.2) is 40.2 Å². The first-order valence-electron chi connectivity index (χ1n) is 7.22. The zero-order chi connectivity index (χ0) is 16.1. The number of aliphatic hydroxyl groups excluding tert-OH is 1. The molecule has 1 aromatic carbocycles. The Morgan fingerprint density at radius 1 is 1.45 bits per heavy atom. The van der Waals surface area contributed by atoms with Crippen LogP contribution in [0.15, 0.2) is 35.1 Å². The molecule has 0 spiro atoms. The summed E-state index contributed by atoms with van der Waals surface area (Å²) in [5.74, 6) is 0.506. The Morgan fingerprint density at radius 3 is 2.82 bits per heavy atom. The van der Waals surface area contributed by atoms with Crippen LogP contribution in [-0.2, 0) is 0 Å². The lowest BCUT2D eigenvalue weighted by Crippen LogP contribution is -2.41. The molecular weight excluding hydrogens is 282 g/mol. The fourth-order valence-electron chi connectivity index (χ4n) is 2.14. The first-order chi connectivity index (χ1) is 10.5. The van der Waals surface area contributed by atoms with E-state index < -0.39 is 0 Å². The van der Waals surface area contributed by atoms with Gasteiger partial charge in [0.2, 0.25) is 5.89 Å². The maximum atomic E-state index is 12.4. The van der Waals surface area contributed by atoms with Crippen LogP contribution in [0.4, 0.5) is 10.5 Å². The molecule has 0 radical (unpaired) electrons. The fourth-order valence-corrected chi connectivity index (χ4v) is 2.14. The summed E-state index contributed by atoms with van der Waals surface area (Å²) in [4.78, 5) is 18.0. The number of aryl methyl sites for hydroxylation is 1. The summed E-state index contributed by atoms with van der Waals surface area (Å²) >= 11 is 0. The molecule has 2 amide bonds. The third kappa shape index (κ3) is 3.65. The highest BCUT2D eigenvalue weighted by molar-refractivity contribution is 5.91. The van der Waals surface area contributed by atoms with Crippen LogP contribution in [0.1, 0.15) is 19.4 Å². The van der Waals surface area contributed by atoms with Gasteiger partial charge in [0.05, 0.1) is 12.8 Å². The lowest BCUT2D eigenvalue weighted by atomic mass is 10.1.